The van der Waals surface area contributed by atoms with Crippen molar-refractivity contribution in [1.29, 1.82) is 5.26 Å². The molecule has 126 valence electrons. The summed E-state index contributed by atoms with van der Waals surface area (Å²) in [7, 11) is 0. The smallest absolute Gasteiger partial charge is 0.328 e. The van der Waals surface area contributed by atoms with Crippen LogP contribution in [0.25, 0.3) is 0 Å². The van der Waals surface area contributed by atoms with Gasteiger partial charge in [0.25, 0.3) is 5.56 Å². The van der Waals surface area contributed by atoms with Crippen molar-refractivity contribution in [1.82, 2.24) is 9.55 Å². The van der Waals surface area contributed by atoms with Crippen LogP contribution in [0.3, 0.4) is 0 Å². The largest absolute Gasteiger partial charge is 0.497 e. The van der Waals surface area contributed by atoms with Crippen LogP contribution in [-0.2, 0) is 4.74 Å². The van der Waals surface area contributed by atoms with Gasteiger partial charge in [-0.2, -0.15) is 5.26 Å². The lowest BCUT2D eigenvalue weighted by Gasteiger charge is -2.15. The Morgan fingerprint density at radius 3 is 2.96 bits per heavy atom. The molecule has 0 radical (unpaired) electrons. The predicted octanol–water partition coefficient (Wildman–Crippen LogP) is -0.787. The first-order valence-electron chi connectivity index (χ1n) is 7.46. The van der Waals surface area contributed by atoms with E-state index in [4.69, 9.17) is 15.7 Å². The summed E-state index contributed by atoms with van der Waals surface area (Å²) in [5, 5.41) is 18.0. The number of nitrogens with zero attached hydrogens (tertiary/aromatic N) is 2. The third kappa shape index (κ3) is 3.93. The molecule has 8 heteroatoms. The highest BCUT2D eigenvalue weighted by Crippen LogP contribution is 2.35. The van der Waals surface area contributed by atoms with E-state index in [1.54, 1.807) is 0 Å². The molecule has 1 aliphatic carbocycles. The molecule has 0 unspecified atom stereocenters. The van der Waals surface area contributed by atoms with Gasteiger partial charge in [-0.15, -0.1) is 0 Å². The highest BCUT2D eigenvalue weighted by atomic mass is 16.5. The molecule has 3 atom stereocenters. The van der Waals surface area contributed by atoms with Crippen molar-refractivity contribution in [3.8, 4) is 17.9 Å². The van der Waals surface area contributed by atoms with Crippen LogP contribution in [0.15, 0.2) is 28.1 Å². The number of aliphatic hydroxyl groups excluding tert-OH is 1. The van der Waals surface area contributed by atoms with E-state index < -0.39 is 11.2 Å². The SMILES string of the molecule is N#C/C=C/O[C@H]1C[C@H](n2cc(C#CCN)c(=O)[nH]c2=O)C[C@@H]1CO. The molecule has 4 N–H and O–H groups in total. The van der Waals surface area contributed by atoms with Gasteiger partial charge in [0.15, 0.2) is 0 Å². The average molecular weight is 330 g/mol. The number of ether oxygens (including phenoxy) is 1. The minimum Gasteiger partial charge on any atom is -0.497 e. The fourth-order valence-electron chi connectivity index (χ4n) is 2.81. The molecule has 1 aromatic rings. The third-order valence-electron chi connectivity index (χ3n) is 3.92. The van der Waals surface area contributed by atoms with Crippen LogP contribution in [0.2, 0.25) is 0 Å². The van der Waals surface area contributed by atoms with E-state index in [-0.39, 0.29) is 36.8 Å². The van der Waals surface area contributed by atoms with E-state index in [9.17, 15) is 14.7 Å². The molecule has 0 amide bonds. The van der Waals surface area contributed by atoms with Crippen LogP contribution < -0.4 is 17.0 Å². The monoisotopic (exact) mass is 330 g/mol. The minimum absolute atomic E-state index is 0.0977. The number of hydrogen-bond donors (Lipinski definition) is 3. The van der Waals surface area contributed by atoms with E-state index in [0.29, 0.717) is 12.8 Å². The van der Waals surface area contributed by atoms with E-state index >= 15 is 0 Å². The van der Waals surface area contributed by atoms with Crippen molar-refractivity contribution in [2.75, 3.05) is 13.2 Å². The molecule has 1 saturated carbocycles. The Kier molecular flexibility index (Phi) is 5.96. The number of hydrogen-bond acceptors (Lipinski definition) is 6. The van der Waals surface area contributed by atoms with Gasteiger partial charge in [0, 0.05) is 31.2 Å². The summed E-state index contributed by atoms with van der Waals surface area (Å²) >= 11 is 0. The number of H-pyrrole nitrogens is 1. The zero-order chi connectivity index (χ0) is 17.5. The molecular formula is C16H18N4O4. The molecule has 8 nitrogen and oxygen atoms in total. The van der Waals surface area contributed by atoms with Gasteiger partial charge in [0.2, 0.25) is 0 Å². The molecule has 0 aliphatic heterocycles. The maximum absolute atomic E-state index is 12.1. The van der Waals surface area contributed by atoms with Gasteiger partial charge in [-0.25, -0.2) is 4.79 Å². The fourth-order valence-corrected chi connectivity index (χ4v) is 2.81. The predicted molar refractivity (Wildman–Crippen MR) is 85.7 cm³/mol. The van der Waals surface area contributed by atoms with Crippen LogP contribution in [0.5, 0.6) is 0 Å². The van der Waals surface area contributed by atoms with Crippen molar-refractivity contribution in [2.24, 2.45) is 11.7 Å². The number of nitrogens with two attached hydrogens (primary N) is 1. The van der Waals surface area contributed by atoms with Crippen LogP contribution in [0.4, 0.5) is 0 Å². The van der Waals surface area contributed by atoms with Gasteiger partial charge in [-0.1, -0.05) is 11.8 Å². The number of nitrogens with one attached hydrogen (secondary N) is 1. The van der Waals surface area contributed by atoms with Crippen molar-refractivity contribution >= 4 is 0 Å². The highest BCUT2D eigenvalue weighted by Gasteiger charge is 2.36. The van der Waals surface area contributed by atoms with Crippen molar-refractivity contribution in [2.45, 2.75) is 25.0 Å². The van der Waals surface area contributed by atoms with Gasteiger partial charge in [0.05, 0.1) is 25.0 Å². The van der Waals surface area contributed by atoms with Crippen LogP contribution in [0.1, 0.15) is 24.4 Å². The number of aromatic amines is 1. The lowest BCUT2D eigenvalue weighted by Crippen LogP contribution is -2.33. The average Bonchev–Trinajstić information content (AvgIpc) is 2.97. The van der Waals surface area contributed by atoms with E-state index in [1.165, 1.54) is 23.1 Å². The summed E-state index contributed by atoms with van der Waals surface area (Å²) in [6, 6.07) is 1.58. The minimum atomic E-state index is -0.557. The topological polar surface area (TPSA) is 134 Å². The maximum atomic E-state index is 12.1. The van der Waals surface area contributed by atoms with Crippen LogP contribution in [0, 0.1) is 29.1 Å². The standard InChI is InChI=1S/C16H18N4O4/c17-4-1-3-11-9-20(16(23)19-15(11)22)13-7-12(10-21)14(8-13)24-6-2-5-18/h2,6,9,12-14,21H,4,7-8,10,17H2,(H,19,22,23)/b6-2+/t12-,13-,14+/m1/s1. The van der Waals surface area contributed by atoms with Crippen molar-refractivity contribution in [3.63, 3.8) is 0 Å². The molecule has 1 heterocycles. The number of aliphatic hydroxyl groups is 1. The maximum Gasteiger partial charge on any atom is 0.328 e. The summed E-state index contributed by atoms with van der Waals surface area (Å²) < 4.78 is 6.87. The van der Waals surface area contributed by atoms with E-state index in [2.05, 4.69) is 16.8 Å². The zero-order valence-electron chi connectivity index (χ0n) is 12.9. The first kappa shape index (κ1) is 17.5. The molecule has 1 fully saturated rings. The van der Waals surface area contributed by atoms with Gasteiger partial charge >= 0.3 is 5.69 Å². The summed E-state index contributed by atoms with van der Waals surface area (Å²) in [6.45, 7) is 0.00915. The van der Waals surface area contributed by atoms with Crippen LogP contribution >= 0.6 is 0 Å². The first-order chi connectivity index (χ1) is 11.6. The molecule has 0 aromatic carbocycles. The number of nitriles is 1. The second-order valence-electron chi connectivity index (χ2n) is 5.39. The fraction of sp³-hybridized carbons (Fsp3) is 0.438. The summed E-state index contributed by atoms with van der Waals surface area (Å²) in [5.41, 5.74) is 4.37. The molecule has 1 aliphatic rings. The van der Waals surface area contributed by atoms with E-state index in [1.807, 2.05) is 6.07 Å². The Morgan fingerprint density at radius 1 is 1.50 bits per heavy atom. The lowest BCUT2D eigenvalue weighted by molar-refractivity contribution is 0.0738. The molecule has 1 aromatic heterocycles. The highest BCUT2D eigenvalue weighted by molar-refractivity contribution is 5.30. The van der Waals surface area contributed by atoms with Gasteiger partial charge in [0.1, 0.15) is 11.7 Å². The Morgan fingerprint density at radius 2 is 2.29 bits per heavy atom. The molecule has 0 spiro atoms. The summed E-state index contributed by atoms with van der Waals surface area (Å²) in [4.78, 5) is 26.1. The second kappa shape index (κ2) is 8.16. The lowest BCUT2D eigenvalue weighted by atomic mass is 10.1. The first-order valence-corrected chi connectivity index (χ1v) is 7.46. The normalized spacial score (nSPS) is 22.8. The molecule has 2 rings (SSSR count). The molecule has 0 saturated heterocycles. The zero-order valence-corrected chi connectivity index (χ0v) is 12.9. The third-order valence-corrected chi connectivity index (χ3v) is 3.92. The molecule has 24 heavy (non-hydrogen) atoms. The quantitative estimate of drug-likeness (QED) is 0.376. The van der Waals surface area contributed by atoms with Crippen molar-refractivity contribution < 1.29 is 9.84 Å². The molecular weight excluding hydrogens is 312 g/mol. The Labute approximate surface area is 138 Å². The van der Waals surface area contributed by atoms with Gasteiger partial charge in [-0.05, 0) is 6.42 Å². The Balaban J connectivity index is 2.28. The molecule has 0 bridgehead atoms. The van der Waals surface area contributed by atoms with Gasteiger partial charge in [-0.3, -0.25) is 14.3 Å². The van der Waals surface area contributed by atoms with E-state index in [0.717, 1.165) is 0 Å². The number of rotatable bonds is 4. The number of allylic oxidation sites excluding steroid dienone is 1. The Bertz CT molecular complexity index is 821. The van der Waals surface area contributed by atoms with Gasteiger partial charge < -0.3 is 15.6 Å². The second-order valence-corrected chi connectivity index (χ2v) is 5.39. The summed E-state index contributed by atoms with van der Waals surface area (Å²) in [5.74, 6) is 5.05. The van der Waals surface area contributed by atoms with Crippen molar-refractivity contribution in [3.05, 3.63) is 44.9 Å². The summed E-state index contributed by atoms with van der Waals surface area (Å²) in [6.07, 6.45) is 4.56. The van der Waals surface area contributed by atoms with Crippen LogP contribution in [-0.4, -0.2) is 33.9 Å². The number of aromatic nitrogens is 2. The Hall–Kier alpha value is -2.81.